The van der Waals surface area contributed by atoms with Crippen LogP contribution < -0.4 is 4.74 Å². The first-order chi connectivity index (χ1) is 8.69. The molecule has 0 aliphatic rings. The number of halogens is 2. The molecule has 1 nitrogen and oxygen atoms in total. The summed E-state index contributed by atoms with van der Waals surface area (Å²) in [6, 6.07) is 12.4. The van der Waals surface area contributed by atoms with Crippen molar-refractivity contribution in [1.29, 1.82) is 0 Å². The van der Waals surface area contributed by atoms with Crippen LogP contribution in [0.2, 0.25) is 5.02 Å². The predicted octanol–water partition coefficient (Wildman–Crippen LogP) is 4.62. The number of aryl methyl sites for hydroxylation is 1. The molecule has 0 saturated carbocycles. The molecule has 0 spiro atoms. The van der Waals surface area contributed by atoms with Crippen molar-refractivity contribution < 1.29 is 9.13 Å². The molecule has 0 amide bonds. The van der Waals surface area contributed by atoms with E-state index in [4.69, 9.17) is 16.3 Å². The topological polar surface area (TPSA) is 9.23 Å². The van der Waals surface area contributed by atoms with Gasteiger partial charge in [-0.2, -0.15) is 0 Å². The maximum absolute atomic E-state index is 13.5. The summed E-state index contributed by atoms with van der Waals surface area (Å²) in [6.45, 7) is 2.30. The van der Waals surface area contributed by atoms with Crippen molar-refractivity contribution in [1.82, 2.24) is 0 Å². The van der Waals surface area contributed by atoms with Crippen LogP contribution in [0.25, 0.3) is 0 Å². The van der Waals surface area contributed by atoms with Gasteiger partial charge in [-0.25, -0.2) is 4.39 Å². The van der Waals surface area contributed by atoms with Crippen LogP contribution in [0.5, 0.6) is 5.75 Å². The van der Waals surface area contributed by atoms with Crippen LogP contribution in [0, 0.1) is 5.82 Å². The summed E-state index contributed by atoms with van der Waals surface area (Å²) >= 11 is 5.69. The number of hydrogen-bond acceptors (Lipinski definition) is 1. The molecule has 2 aromatic carbocycles. The highest BCUT2D eigenvalue weighted by molar-refractivity contribution is 6.30. The van der Waals surface area contributed by atoms with Gasteiger partial charge < -0.3 is 4.74 Å². The molecule has 0 radical (unpaired) electrons. The fourth-order valence-corrected chi connectivity index (χ4v) is 1.78. The molecular weight excluding hydrogens is 251 g/mol. The van der Waals surface area contributed by atoms with Crippen molar-refractivity contribution in [2.45, 2.75) is 20.0 Å². The van der Waals surface area contributed by atoms with E-state index in [1.165, 1.54) is 11.6 Å². The second-order valence-corrected chi connectivity index (χ2v) is 4.46. The molecule has 0 aliphatic heterocycles. The Morgan fingerprint density at radius 1 is 1.11 bits per heavy atom. The highest BCUT2D eigenvalue weighted by Crippen LogP contribution is 2.18. The molecule has 2 rings (SSSR count). The second kappa shape index (κ2) is 5.87. The Morgan fingerprint density at radius 2 is 1.83 bits per heavy atom. The number of ether oxygens (including phenoxy) is 1. The lowest BCUT2D eigenvalue weighted by Crippen LogP contribution is -1.98. The molecule has 0 N–H and O–H groups in total. The molecule has 0 heterocycles. The van der Waals surface area contributed by atoms with Gasteiger partial charge in [-0.15, -0.1) is 0 Å². The van der Waals surface area contributed by atoms with Gasteiger partial charge in [-0.05, 0) is 36.2 Å². The smallest absolute Gasteiger partial charge is 0.131 e. The third-order valence-corrected chi connectivity index (χ3v) is 2.98. The monoisotopic (exact) mass is 264 g/mol. The van der Waals surface area contributed by atoms with E-state index in [0.717, 1.165) is 12.2 Å². The van der Waals surface area contributed by atoms with Crippen molar-refractivity contribution in [2.75, 3.05) is 0 Å². The van der Waals surface area contributed by atoms with E-state index in [2.05, 4.69) is 6.92 Å². The Kier molecular flexibility index (Phi) is 4.21. The largest absolute Gasteiger partial charge is 0.489 e. The van der Waals surface area contributed by atoms with Crippen molar-refractivity contribution in [2.24, 2.45) is 0 Å². The van der Waals surface area contributed by atoms with Crippen LogP contribution in [0.4, 0.5) is 4.39 Å². The molecule has 94 valence electrons. The van der Waals surface area contributed by atoms with Gasteiger partial charge >= 0.3 is 0 Å². The lowest BCUT2D eigenvalue weighted by atomic mass is 10.2. The minimum absolute atomic E-state index is 0.203. The van der Waals surface area contributed by atoms with Crippen molar-refractivity contribution in [3.8, 4) is 5.75 Å². The quantitative estimate of drug-likeness (QED) is 0.783. The molecule has 0 aromatic heterocycles. The molecule has 0 unspecified atom stereocenters. The van der Waals surface area contributed by atoms with Gasteiger partial charge in [0, 0.05) is 10.6 Å². The Hall–Kier alpha value is -1.54. The molecule has 2 aromatic rings. The first-order valence-electron chi connectivity index (χ1n) is 5.84. The van der Waals surface area contributed by atoms with Crippen molar-refractivity contribution in [3.63, 3.8) is 0 Å². The first-order valence-corrected chi connectivity index (χ1v) is 6.22. The third kappa shape index (κ3) is 3.23. The van der Waals surface area contributed by atoms with E-state index in [1.54, 1.807) is 12.1 Å². The maximum Gasteiger partial charge on any atom is 0.131 e. The molecular formula is C15H14ClFO. The lowest BCUT2D eigenvalue weighted by Gasteiger charge is -2.08. The summed E-state index contributed by atoms with van der Waals surface area (Å²) in [5, 5.41) is 0.392. The minimum Gasteiger partial charge on any atom is -0.489 e. The highest BCUT2D eigenvalue weighted by Gasteiger charge is 2.03. The van der Waals surface area contributed by atoms with Crippen molar-refractivity contribution >= 4 is 11.6 Å². The highest BCUT2D eigenvalue weighted by atomic mass is 35.5. The zero-order valence-electron chi connectivity index (χ0n) is 10.1. The lowest BCUT2D eigenvalue weighted by molar-refractivity contribution is 0.300. The summed E-state index contributed by atoms with van der Waals surface area (Å²) in [4.78, 5) is 0. The Balaban J connectivity index is 2.02. The van der Waals surface area contributed by atoms with Crippen LogP contribution in [0.1, 0.15) is 18.1 Å². The van der Waals surface area contributed by atoms with Gasteiger partial charge in [-0.3, -0.25) is 0 Å². The summed E-state index contributed by atoms with van der Waals surface area (Å²) in [6.07, 6.45) is 0.992. The standard InChI is InChI=1S/C15H14ClFO/c1-2-11-3-7-14(8-4-11)18-10-12-5-6-13(16)9-15(12)17/h3-9H,2,10H2,1H3. The molecule has 0 saturated heterocycles. The van der Waals surface area contributed by atoms with E-state index in [1.807, 2.05) is 24.3 Å². The van der Waals surface area contributed by atoms with Gasteiger partial charge in [0.05, 0.1) is 0 Å². The molecule has 3 heteroatoms. The number of benzene rings is 2. The Morgan fingerprint density at radius 3 is 2.44 bits per heavy atom. The van der Waals surface area contributed by atoms with Gasteiger partial charge in [0.2, 0.25) is 0 Å². The normalized spacial score (nSPS) is 10.4. The van der Waals surface area contributed by atoms with Crippen LogP contribution >= 0.6 is 11.6 Å². The van der Waals surface area contributed by atoms with Gasteiger partial charge in [-0.1, -0.05) is 36.7 Å². The minimum atomic E-state index is -0.340. The summed E-state index contributed by atoms with van der Waals surface area (Å²) in [7, 11) is 0. The van der Waals surface area contributed by atoms with Gasteiger partial charge in [0.15, 0.2) is 0 Å². The molecule has 0 aliphatic carbocycles. The first kappa shape index (κ1) is 12.9. The third-order valence-electron chi connectivity index (χ3n) is 2.74. The number of hydrogen-bond donors (Lipinski definition) is 0. The molecule has 18 heavy (non-hydrogen) atoms. The van der Waals surface area contributed by atoms with E-state index >= 15 is 0 Å². The SMILES string of the molecule is CCc1ccc(OCc2ccc(Cl)cc2F)cc1. The zero-order valence-corrected chi connectivity index (χ0v) is 10.9. The molecule has 0 fully saturated rings. The van der Waals surface area contributed by atoms with Crippen LogP contribution in [-0.2, 0) is 13.0 Å². The fraction of sp³-hybridized carbons (Fsp3) is 0.200. The van der Waals surface area contributed by atoms with Crippen LogP contribution in [0.3, 0.4) is 0 Å². The zero-order chi connectivity index (χ0) is 13.0. The summed E-state index contributed by atoms with van der Waals surface area (Å²) in [5.41, 5.74) is 1.75. The van der Waals surface area contributed by atoms with Gasteiger partial charge in [0.25, 0.3) is 0 Å². The van der Waals surface area contributed by atoms with E-state index in [-0.39, 0.29) is 12.4 Å². The number of rotatable bonds is 4. The Labute approximate surface area is 111 Å². The van der Waals surface area contributed by atoms with Crippen LogP contribution in [0.15, 0.2) is 42.5 Å². The Bertz CT molecular complexity index is 523. The van der Waals surface area contributed by atoms with Gasteiger partial charge in [0.1, 0.15) is 18.2 Å². The van der Waals surface area contributed by atoms with E-state index in [9.17, 15) is 4.39 Å². The predicted molar refractivity (Wildman–Crippen MR) is 71.6 cm³/mol. The average molecular weight is 265 g/mol. The fourth-order valence-electron chi connectivity index (χ4n) is 1.62. The van der Waals surface area contributed by atoms with E-state index < -0.39 is 0 Å². The maximum atomic E-state index is 13.5. The van der Waals surface area contributed by atoms with Crippen molar-refractivity contribution in [3.05, 3.63) is 64.4 Å². The molecule has 0 atom stereocenters. The summed E-state index contributed by atoms with van der Waals surface area (Å²) < 4.78 is 19.0. The van der Waals surface area contributed by atoms with Crippen LogP contribution in [-0.4, -0.2) is 0 Å². The average Bonchev–Trinajstić information content (AvgIpc) is 2.38. The second-order valence-electron chi connectivity index (χ2n) is 4.02. The molecule has 0 bridgehead atoms. The summed E-state index contributed by atoms with van der Waals surface area (Å²) in [5.74, 6) is 0.397. The van der Waals surface area contributed by atoms with E-state index in [0.29, 0.717) is 10.6 Å².